The van der Waals surface area contributed by atoms with Gasteiger partial charge in [0.2, 0.25) is 0 Å². The molecule has 0 saturated heterocycles. The fourth-order valence-electron chi connectivity index (χ4n) is 2.71. The first kappa shape index (κ1) is 20.5. The van der Waals surface area contributed by atoms with Gasteiger partial charge in [0.15, 0.2) is 5.78 Å². The smallest absolute Gasteiger partial charge is 0.162 e. The van der Waals surface area contributed by atoms with Crippen LogP contribution in [0.1, 0.15) is 72.3 Å². The molecule has 0 heterocycles. The van der Waals surface area contributed by atoms with E-state index in [1.165, 1.54) is 12.8 Å². The van der Waals surface area contributed by atoms with Gasteiger partial charge in [0.25, 0.3) is 0 Å². The standard InChI is InChI=1S/C22H34O2/c1-6-11-21(23)18(5)22(20-12-9-8-10-13-20)24-16-19(7-2)15-14-17(3)4/h8-10,12-13,17,19H,6-7,11,14-16H2,1-5H3/b22-18+. The Morgan fingerprint density at radius 3 is 2.29 bits per heavy atom. The van der Waals surface area contributed by atoms with Crippen molar-refractivity contribution in [2.75, 3.05) is 6.61 Å². The lowest BCUT2D eigenvalue weighted by Gasteiger charge is -2.20. The first-order valence-corrected chi connectivity index (χ1v) is 9.41. The highest BCUT2D eigenvalue weighted by Crippen LogP contribution is 2.25. The average Bonchev–Trinajstić information content (AvgIpc) is 2.58. The quantitative estimate of drug-likeness (QED) is 0.353. The van der Waals surface area contributed by atoms with Gasteiger partial charge < -0.3 is 4.74 Å². The normalized spacial score (nSPS) is 13.6. The molecule has 1 atom stereocenters. The summed E-state index contributed by atoms with van der Waals surface area (Å²) in [6.45, 7) is 11.4. The molecule has 0 radical (unpaired) electrons. The van der Waals surface area contributed by atoms with E-state index in [1.807, 2.05) is 44.2 Å². The summed E-state index contributed by atoms with van der Waals surface area (Å²) in [5, 5.41) is 0. The largest absolute Gasteiger partial charge is 0.492 e. The molecular formula is C22H34O2. The fraction of sp³-hybridized carbons (Fsp3) is 0.591. The van der Waals surface area contributed by atoms with Crippen LogP contribution in [0.4, 0.5) is 0 Å². The number of carbonyl (C=O) groups excluding carboxylic acids is 1. The van der Waals surface area contributed by atoms with Gasteiger partial charge in [-0.15, -0.1) is 0 Å². The van der Waals surface area contributed by atoms with Gasteiger partial charge in [0, 0.05) is 17.6 Å². The minimum absolute atomic E-state index is 0.187. The maximum Gasteiger partial charge on any atom is 0.162 e. The van der Waals surface area contributed by atoms with Gasteiger partial charge >= 0.3 is 0 Å². The Bertz CT molecular complexity index is 514. The number of hydrogen-bond acceptors (Lipinski definition) is 2. The molecule has 1 aromatic rings. The number of carbonyl (C=O) groups is 1. The molecule has 2 heteroatoms. The maximum atomic E-state index is 12.3. The molecule has 1 aromatic carbocycles. The van der Waals surface area contributed by atoms with Crippen molar-refractivity contribution in [1.29, 1.82) is 0 Å². The van der Waals surface area contributed by atoms with E-state index < -0.39 is 0 Å². The molecule has 24 heavy (non-hydrogen) atoms. The highest BCUT2D eigenvalue weighted by atomic mass is 16.5. The summed E-state index contributed by atoms with van der Waals surface area (Å²) >= 11 is 0. The Kier molecular flexibility index (Phi) is 9.44. The van der Waals surface area contributed by atoms with E-state index in [-0.39, 0.29) is 5.78 Å². The summed E-state index contributed by atoms with van der Waals surface area (Å²) in [6.07, 6.45) is 4.95. The SMILES string of the molecule is CCCC(=O)/C(C)=C(/OCC(CC)CCC(C)C)c1ccccc1. The Hall–Kier alpha value is -1.57. The molecule has 134 valence electrons. The molecule has 0 N–H and O–H groups in total. The number of allylic oxidation sites excluding steroid dienone is 1. The van der Waals surface area contributed by atoms with Crippen LogP contribution in [0.3, 0.4) is 0 Å². The fourth-order valence-corrected chi connectivity index (χ4v) is 2.71. The van der Waals surface area contributed by atoms with Gasteiger partial charge in [-0.3, -0.25) is 4.79 Å². The van der Waals surface area contributed by atoms with Gasteiger partial charge in [-0.2, -0.15) is 0 Å². The number of benzene rings is 1. The van der Waals surface area contributed by atoms with Crippen LogP contribution < -0.4 is 0 Å². The van der Waals surface area contributed by atoms with Crippen LogP contribution in [0.2, 0.25) is 0 Å². The third kappa shape index (κ3) is 6.90. The molecule has 0 saturated carbocycles. The van der Waals surface area contributed by atoms with Crippen LogP contribution in [0.5, 0.6) is 0 Å². The van der Waals surface area contributed by atoms with Gasteiger partial charge in [0.1, 0.15) is 5.76 Å². The van der Waals surface area contributed by atoms with Crippen LogP contribution in [-0.2, 0) is 9.53 Å². The highest BCUT2D eigenvalue weighted by molar-refractivity contribution is 6.00. The topological polar surface area (TPSA) is 26.3 Å². The van der Waals surface area contributed by atoms with Gasteiger partial charge in [0.05, 0.1) is 6.61 Å². The van der Waals surface area contributed by atoms with Crippen LogP contribution in [0.25, 0.3) is 5.76 Å². The Morgan fingerprint density at radius 2 is 1.75 bits per heavy atom. The van der Waals surface area contributed by atoms with Crippen LogP contribution >= 0.6 is 0 Å². The van der Waals surface area contributed by atoms with E-state index in [2.05, 4.69) is 20.8 Å². The van der Waals surface area contributed by atoms with Crippen molar-refractivity contribution in [2.24, 2.45) is 11.8 Å². The summed E-state index contributed by atoms with van der Waals surface area (Å²) in [4.78, 5) is 12.3. The molecule has 0 aliphatic rings. The van der Waals surface area contributed by atoms with E-state index in [0.717, 1.165) is 35.7 Å². The van der Waals surface area contributed by atoms with E-state index >= 15 is 0 Å². The van der Waals surface area contributed by atoms with E-state index in [1.54, 1.807) is 0 Å². The van der Waals surface area contributed by atoms with Crippen LogP contribution in [-0.4, -0.2) is 12.4 Å². The lowest BCUT2D eigenvalue weighted by molar-refractivity contribution is -0.115. The first-order chi connectivity index (χ1) is 11.5. The van der Waals surface area contributed by atoms with Gasteiger partial charge in [-0.1, -0.05) is 70.9 Å². The number of Topliss-reactive ketones (excluding diaryl/α,β-unsaturated/α-hetero) is 1. The van der Waals surface area contributed by atoms with E-state index in [4.69, 9.17) is 4.74 Å². The summed E-state index contributed by atoms with van der Waals surface area (Å²) in [5.74, 6) is 2.21. The predicted molar refractivity (Wildman–Crippen MR) is 103 cm³/mol. The Labute approximate surface area is 148 Å². The summed E-state index contributed by atoms with van der Waals surface area (Å²) in [6, 6.07) is 10.0. The molecule has 0 amide bonds. The third-order valence-corrected chi connectivity index (χ3v) is 4.46. The zero-order chi connectivity index (χ0) is 17.9. The van der Waals surface area contributed by atoms with Crippen molar-refractivity contribution in [3.05, 3.63) is 41.5 Å². The number of ether oxygens (including phenoxy) is 1. The molecule has 0 fully saturated rings. The second-order valence-electron chi connectivity index (χ2n) is 7.05. The molecule has 1 rings (SSSR count). The monoisotopic (exact) mass is 330 g/mol. The van der Waals surface area contributed by atoms with Crippen LogP contribution in [0, 0.1) is 11.8 Å². The molecule has 1 unspecified atom stereocenters. The van der Waals surface area contributed by atoms with Crippen molar-refractivity contribution in [1.82, 2.24) is 0 Å². The second-order valence-corrected chi connectivity index (χ2v) is 7.05. The molecule has 0 bridgehead atoms. The molecule has 0 aliphatic carbocycles. The van der Waals surface area contributed by atoms with Crippen molar-refractivity contribution in [3.63, 3.8) is 0 Å². The van der Waals surface area contributed by atoms with Crippen molar-refractivity contribution in [2.45, 2.75) is 66.7 Å². The maximum absolute atomic E-state index is 12.3. The number of rotatable bonds is 11. The highest BCUT2D eigenvalue weighted by Gasteiger charge is 2.16. The Balaban J connectivity index is 2.90. The summed E-state index contributed by atoms with van der Waals surface area (Å²) in [7, 11) is 0. The minimum atomic E-state index is 0.187. The Morgan fingerprint density at radius 1 is 1.08 bits per heavy atom. The number of ketones is 1. The molecule has 0 aliphatic heterocycles. The average molecular weight is 331 g/mol. The summed E-state index contributed by atoms with van der Waals surface area (Å²) in [5.41, 5.74) is 1.75. The lowest BCUT2D eigenvalue weighted by Crippen LogP contribution is -2.12. The first-order valence-electron chi connectivity index (χ1n) is 9.41. The van der Waals surface area contributed by atoms with E-state index in [9.17, 15) is 4.79 Å². The zero-order valence-electron chi connectivity index (χ0n) is 16.1. The van der Waals surface area contributed by atoms with Gasteiger partial charge in [-0.05, 0) is 31.6 Å². The zero-order valence-corrected chi connectivity index (χ0v) is 16.1. The van der Waals surface area contributed by atoms with Crippen molar-refractivity contribution >= 4 is 11.5 Å². The second kappa shape index (κ2) is 11.1. The molecule has 2 nitrogen and oxygen atoms in total. The van der Waals surface area contributed by atoms with Crippen molar-refractivity contribution in [3.8, 4) is 0 Å². The lowest BCUT2D eigenvalue weighted by atomic mass is 9.96. The minimum Gasteiger partial charge on any atom is -0.492 e. The van der Waals surface area contributed by atoms with Gasteiger partial charge in [-0.25, -0.2) is 0 Å². The van der Waals surface area contributed by atoms with Crippen LogP contribution in [0.15, 0.2) is 35.9 Å². The molecule has 0 spiro atoms. The third-order valence-electron chi connectivity index (χ3n) is 4.46. The summed E-state index contributed by atoms with van der Waals surface area (Å²) < 4.78 is 6.20. The van der Waals surface area contributed by atoms with Crippen molar-refractivity contribution < 1.29 is 9.53 Å². The molecule has 0 aromatic heterocycles. The predicted octanol–water partition coefficient (Wildman–Crippen LogP) is 6.27. The van der Waals surface area contributed by atoms with E-state index in [0.29, 0.717) is 18.9 Å². The molecular weight excluding hydrogens is 296 g/mol. The number of hydrogen-bond donors (Lipinski definition) is 0.